The Morgan fingerprint density at radius 2 is 2.27 bits per heavy atom. The lowest BCUT2D eigenvalue weighted by Crippen LogP contribution is -2.27. The Hall–Kier alpha value is -1.39. The molecular formula is C11H15N3O. The van der Waals surface area contributed by atoms with Gasteiger partial charge in [-0.15, -0.1) is 0 Å². The predicted molar refractivity (Wildman–Crippen MR) is 59.7 cm³/mol. The molecule has 0 bridgehead atoms. The normalized spacial score (nSPS) is 13.2. The third kappa shape index (κ3) is 2.16. The van der Waals surface area contributed by atoms with Crippen LogP contribution in [0.2, 0.25) is 0 Å². The van der Waals surface area contributed by atoms with Crippen molar-refractivity contribution in [1.29, 1.82) is 0 Å². The number of aliphatic hydroxyl groups is 1. The second kappa shape index (κ2) is 4.42. The van der Waals surface area contributed by atoms with Gasteiger partial charge in [0.25, 0.3) is 0 Å². The lowest BCUT2D eigenvalue weighted by molar-refractivity contribution is 0.155. The summed E-state index contributed by atoms with van der Waals surface area (Å²) in [5.74, 6) is 0. The molecule has 1 aromatic carbocycles. The van der Waals surface area contributed by atoms with Gasteiger partial charge >= 0.3 is 0 Å². The minimum Gasteiger partial charge on any atom is -0.390 e. The molecule has 0 radical (unpaired) electrons. The fourth-order valence-electron chi connectivity index (χ4n) is 1.68. The van der Waals surface area contributed by atoms with Crippen LogP contribution in [0.25, 0.3) is 11.0 Å². The summed E-state index contributed by atoms with van der Waals surface area (Å²) in [5, 5.41) is 12.6. The van der Waals surface area contributed by atoms with Crippen molar-refractivity contribution in [3.05, 3.63) is 30.6 Å². The highest BCUT2D eigenvalue weighted by molar-refractivity contribution is 5.74. The monoisotopic (exact) mass is 205 g/mol. The van der Waals surface area contributed by atoms with E-state index in [0.29, 0.717) is 13.1 Å². The minimum atomic E-state index is -0.382. The van der Waals surface area contributed by atoms with Crippen molar-refractivity contribution >= 4 is 11.0 Å². The van der Waals surface area contributed by atoms with Crippen molar-refractivity contribution in [1.82, 2.24) is 14.9 Å². The summed E-state index contributed by atoms with van der Waals surface area (Å²) in [5.41, 5.74) is 2.03. The molecule has 0 aliphatic heterocycles. The van der Waals surface area contributed by atoms with Crippen LogP contribution in [0.4, 0.5) is 0 Å². The number of imidazole rings is 1. The van der Waals surface area contributed by atoms with E-state index in [1.165, 1.54) is 0 Å². The highest BCUT2D eigenvalue weighted by atomic mass is 16.3. The van der Waals surface area contributed by atoms with Crippen molar-refractivity contribution in [3.63, 3.8) is 0 Å². The Bertz CT molecular complexity index is 438. The van der Waals surface area contributed by atoms with Crippen LogP contribution in [0, 0.1) is 0 Å². The Balaban J connectivity index is 2.21. The number of para-hydroxylation sites is 2. The van der Waals surface area contributed by atoms with Gasteiger partial charge in [-0.3, -0.25) is 0 Å². The average molecular weight is 205 g/mol. The zero-order chi connectivity index (χ0) is 10.7. The molecule has 2 aromatic rings. The van der Waals surface area contributed by atoms with Gasteiger partial charge in [0.1, 0.15) is 0 Å². The molecule has 0 saturated carbocycles. The van der Waals surface area contributed by atoms with Crippen LogP contribution in [-0.4, -0.2) is 34.4 Å². The van der Waals surface area contributed by atoms with Crippen LogP contribution < -0.4 is 5.32 Å². The quantitative estimate of drug-likeness (QED) is 0.769. The van der Waals surface area contributed by atoms with Gasteiger partial charge in [-0.2, -0.15) is 0 Å². The summed E-state index contributed by atoms with van der Waals surface area (Å²) < 4.78 is 1.97. The van der Waals surface area contributed by atoms with Gasteiger partial charge in [0.05, 0.1) is 30.0 Å². The Morgan fingerprint density at radius 1 is 1.47 bits per heavy atom. The van der Waals surface area contributed by atoms with E-state index in [1.807, 2.05) is 35.9 Å². The molecule has 1 heterocycles. The first kappa shape index (κ1) is 10.1. The van der Waals surface area contributed by atoms with Crippen molar-refractivity contribution in [2.24, 2.45) is 0 Å². The number of rotatable bonds is 4. The number of hydrogen-bond acceptors (Lipinski definition) is 3. The van der Waals surface area contributed by atoms with E-state index in [0.717, 1.165) is 11.0 Å². The Kier molecular flexibility index (Phi) is 2.99. The highest BCUT2D eigenvalue weighted by Crippen LogP contribution is 2.11. The van der Waals surface area contributed by atoms with E-state index in [2.05, 4.69) is 10.3 Å². The standard InChI is InChI=1S/C11H15N3O/c1-12-6-9(15)7-14-8-13-10-4-2-3-5-11(10)14/h2-5,8-9,12,15H,6-7H2,1H3. The number of aromatic nitrogens is 2. The van der Waals surface area contributed by atoms with E-state index < -0.39 is 0 Å². The third-order valence-corrected chi connectivity index (χ3v) is 2.37. The van der Waals surface area contributed by atoms with E-state index in [4.69, 9.17) is 0 Å². The van der Waals surface area contributed by atoms with Crippen LogP contribution in [0.1, 0.15) is 0 Å². The van der Waals surface area contributed by atoms with Crippen LogP contribution in [0.5, 0.6) is 0 Å². The van der Waals surface area contributed by atoms with Crippen LogP contribution in [0.3, 0.4) is 0 Å². The zero-order valence-electron chi connectivity index (χ0n) is 8.72. The zero-order valence-corrected chi connectivity index (χ0v) is 8.72. The molecule has 1 unspecified atom stereocenters. The third-order valence-electron chi connectivity index (χ3n) is 2.37. The van der Waals surface area contributed by atoms with E-state index in [1.54, 1.807) is 6.33 Å². The summed E-state index contributed by atoms with van der Waals surface area (Å²) >= 11 is 0. The van der Waals surface area contributed by atoms with Crippen molar-refractivity contribution in [3.8, 4) is 0 Å². The van der Waals surface area contributed by atoms with Gasteiger partial charge in [-0.1, -0.05) is 12.1 Å². The first-order valence-electron chi connectivity index (χ1n) is 5.04. The van der Waals surface area contributed by atoms with Crippen molar-refractivity contribution in [2.75, 3.05) is 13.6 Å². The molecule has 2 N–H and O–H groups in total. The first-order chi connectivity index (χ1) is 7.31. The number of aliphatic hydroxyl groups excluding tert-OH is 1. The number of likely N-dealkylation sites (N-methyl/N-ethyl adjacent to an activating group) is 1. The largest absolute Gasteiger partial charge is 0.390 e. The van der Waals surface area contributed by atoms with Gasteiger partial charge < -0.3 is 15.0 Å². The number of fused-ring (bicyclic) bond motifs is 1. The maximum absolute atomic E-state index is 9.67. The molecule has 4 nitrogen and oxygen atoms in total. The van der Waals surface area contributed by atoms with E-state index >= 15 is 0 Å². The molecule has 15 heavy (non-hydrogen) atoms. The van der Waals surface area contributed by atoms with Gasteiger partial charge in [-0.05, 0) is 19.2 Å². The summed E-state index contributed by atoms with van der Waals surface area (Å²) in [7, 11) is 1.83. The van der Waals surface area contributed by atoms with E-state index in [9.17, 15) is 5.11 Å². The predicted octanol–water partition coefficient (Wildman–Crippen LogP) is 0.617. The molecule has 1 atom stereocenters. The molecule has 0 spiro atoms. The molecule has 0 amide bonds. The molecule has 4 heteroatoms. The van der Waals surface area contributed by atoms with Gasteiger partial charge in [0.2, 0.25) is 0 Å². The SMILES string of the molecule is CNCC(O)Cn1cnc2ccccc21. The smallest absolute Gasteiger partial charge is 0.0959 e. The fourth-order valence-corrected chi connectivity index (χ4v) is 1.68. The number of hydrogen-bond donors (Lipinski definition) is 2. The molecule has 2 rings (SSSR count). The molecule has 0 fully saturated rings. The number of benzene rings is 1. The molecule has 0 aliphatic carbocycles. The lowest BCUT2D eigenvalue weighted by Gasteiger charge is -2.11. The minimum absolute atomic E-state index is 0.382. The maximum Gasteiger partial charge on any atom is 0.0959 e. The number of nitrogens with zero attached hydrogens (tertiary/aromatic N) is 2. The molecule has 0 saturated heterocycles. The Morgan fingerprint density at radius 3 is 3.07 bits per heavy atom. The van der Waals surface area contributed by atoms with Crippen LogP contribution in [0.15, 0.2) is 30.6 Å². The second-order valence-electron chi connectivity index (χ2n) is 3.60. The fraction of sp³-hybridized carbons (Fsp3) is 0.364. The lowest BCUT2D eigenvalue weighted by atomic mass is 10.3. The first-order valence-corrected chi connectivity index (χ1v) is 5.04. The molecule has 1 aromatic heterocycles. The average Bonchev–Trinajstić information content (AvgIpc) is 2.62. The van der Waals surface area contributed by atoms with Crippen molar-refractivity contribution < 1.29 is 5.11 Å². The molecular weight excluding hydrogens is 190 g/mol. The Labute approximate surface area is 88.6 Å². The maximum atomic E-state index is 9.67. The molecule has 80 valence electrons. The highest BCUT2D eigenvalue weighted by Gasteiger charge is 2.06. The summed E-state index contributed by atoms with van der Waals surface area (Å²) in [6.07, 6.45) is 1.39. The number of nitrogens with one attached hydrogen (secondary N) is 1. The summed E-state index contributed by atoms with van der Waals surface area (Å²) in [6.45, 7) is 1.16. The van der Waals surface area contributed by atoms with Crippen molar-refractivity contribution in [2.45, 2.75) is 12.6 Å². The van der Waals surface area contributed by atoms with Gasteiger partial charge in [0, 0.05) is 6.54 Å². The molecule has 0 aliphatic rings. The van der Waals surface area contributed by atoms with Gasteiger partial charge in [0.15, 0.2) is 0 Å². The van der Waals surface area contributed by atoms with Crippen LogP contribution in [-0.2, 0) is 6.54 Å². The topological polar surface area (TPSA) is 50.1 Å². The van der Waals surface area contributed by atoms with E-state index in [-0.39, 0.29) is 6.10 Å². The summed E-state index contributed by atoms with van der Waals surface area (Å²) in [4.78, 5) is 4.26. The van der Waals surface area contributed by atoms with Crippen LogP contribution >= 0.6 is 0 Å². The van der Waals surface area contributed by atoms with Gasteiger partial charge in [-0.25, -0.2) is 4.98 Å². The second-order valence-corrected chi connectivity index (χ2v) is 3.60. The summed E-state index contributed by atoms with van der Waals surface area (Å²) in [6, 6.07) is 7.92.